The second-order valence-corrected chi connectivity index (χ2v) is 6.34. The molecule has 26 heavy (non-hydrogen) atoms. The van der Waals surface area contributed by atoms with Gasteiger partial charge < -0.3 is 14.8 Å². The number of carbonyl (C=O) groups excluding carboxylic acids is 1. The summed E-state index contributed by atoms with van der Waals surface area (Å²) in [4.78, 5) is 16.4. The molecule has 0 bridgehead atoms. The van der Waals surface area contributed by atoms with E-state index in [1.807, 2.05) is 12.1 Å². The van der Waals surface area contributed by atoms with Crippen molar-refractivity contribution in [2.45, 2.75) is 37.8 Å². The summed E-state index contributed by atoms with van der Waals surface area (Å²) in [5.74, 6) is 0.275. The molecule has 1 aromatic heterocycles. The molecule has 6 heteroatoms. The molecular weight excluding hydrogens is 335 g/mol. The topological polar surface area (TPSA) is 60.5 Å². The zero-order valence-electron chi connectivity index (χ0n) is 14.6. The van der Waals surface area contributed by atoms with Crippen LogP contribution in [0.15, 0.2) is 48.7 Å². The number of nitrogens with one attached hydrogen (secondary N) is 1. The zero-order chi connectivity index (χ0) is 18.2. The lowest BCUT2D eigenvalue weighted by atomic mass is 10.0. The van der Waals surface area contributed by atoms with Crippen molar-refractivity contribution in [1.82, 2.24) is 10.3 Å². The number of aromatic nitrogens is 1. The van der Waals surface area contributed by atoms with Crippen LogP contribution in [0.5, 0.6) is 5.88 Å². The number of aryl methyl sites for hydroxylation is 1. The summed E-state index contributed by atoms with van der Waals surface area (Å²) in [6, 6.07) is 11.8. The second-order valence-electron chi connectivity index (χ2n) is 6.34. The van der Waals surface area contributed by atoms with Gasteiger partial charge >= 0.3 is 0 Å². The molecule has 2 aromatic rings. The van der Waals surface area contributed by atoms with E-state index in [-0.39, 0.29) is 23.9 Å². The van der Waals surface area contributed by atoms with E-state index in [1.54, 1.807) is 24.4 Å². The molecule has 1 N–H and O–H groups in total. The molecule has 138 valence electrons. The third-order valence-electron chi connectivity index (χ3n) is 4.34. The summed E-state index contributed by atoms with van der Waals surface area (Å²) in [6.07, 6.45) is 4.01. The molecule has 0 unspecified atom stereocenters. The number of halogens is 1. The average Bonchev–Trinajstić information content (AvgIpc) is 2.66. The highest BCUT2D eigenvalue weighted by Crippen LogP contribution is 2.16. The number of benzene rings is 1. The van der Waals surface area contributed by atoms with Crippen LogP contribution in [0, 0.1) is 5.82 Å². The van der Waals surface area contributed by atoms with Gasteiger partial charge in [0.25, 0.3) is 0 Å². The summed E-state index contributed by atoms with van der Waals surface area (Å²) in [6.45, 7) is 1.03. The van der Waals surface area contributed by atoms with Crippen LogP contribution < -0.4 is 10.1 Å². The Morgan fingerprint density at radius 3 is 2.88 bits per heavy atom. The van der Waals surface area contributed by atoms with E-state index in [4.69, 9.17) is 9.47 Å². The Balaban J connectivity index is 1.46. The first kappa shape index (κ1) is 18.3. The largest absolute Gasteiger partial charge is 0.470 e. The minimum absolute atomic E-state index is 0.00590. The molecule has 5 nitrogen and oxygen atoms in total. The lowest BCUT2D eigenvalue weighted by Crippen LogP contribution is -2.51. The van der Waals surface area contributed by atoms with Gasteiger partial charge in [-0.25, -0.2) is 9.37 Å². The first-order chi connectivity index (χ1) is 12.7. The van der Waals surface area contributed by atoms with Gasteiger partial charge in [0, 0.05) is 25.3 Å². The van der Waals surface area contributed by atoms with Gasteiger partial charge in [0.15, 0.2) is 0 Å². The predicted molar refractivity (Wildman–Crippen MR) is 95.4 cm³/mol. The van der Waals surface area contributed by atoms with Crippen molar-refractivity contribution in [2.24, 2.45) is 0 Å². The molecule has 3 rings (SSSR count). The van der Waals surface area contributed by atoms with Crippen molar-refractivity contribution in [1.29, 1.82) is 0 Å². The fraction of sp³-hybridized carbons (Fsp3) is 0.400. The van der Waals surface area contributed by atoms with Crippen molar-refractivity contribution < 1.29 is 18.7 Å². The molecule has 0 saturated carbocycles. The van der Waals surface area contributed by atoms with Crippen molar-refractivity contribution in [3.63, 3.8) is 0 Å². The first-order valence-electron chi connectivity index (χ1n) is 8.90. The molecule has 0 radical (unpaired) electrons. The smallest absolute Gasteiger partial charge is 0.220 e. The Hall–Kier alpha value is -2.47. The molecule has 2 atom stereocenters. The van der Waals surface area contributed by atoms with E-state index in [0.717, 1.165) is 12.0 Å². The maximum absolute atomic E-state index is 12.9. The third-order valence-corrected chi connectivity index (χ3v) is 4.34. The second kappa shape index (κ2) is 9.29. The zero-order valence-corrected chi connectivity index (χ0v) is 14.6. The Labute approximate surface area is 152 Å². The number of carbonyl (C=O) groups is 1. The van der Waals surface area contributed by atoms with Crippen LogP contribution >= 0.6 is 0 Å². The summed E-state index contributed by atoms with van der Waals surface area (Å²) >= 11 is 0. The fourth-order valence-electron chi connectivity index (χ4n) is 2.95. The van der Waals surface area contributed by atoms with Gasteiger partial charge in [-0.15, -0.1) is 0 Å². The lowest BCUT2D eigenvalue weighted by molar-refractivity contribution is -0.124. The van der Waals surface area contributed by atoms with Crippen LogP contribution in [0.4, 0.5) is 4.39 Å². The maximum atomic E-state index is 12.9. The monoisotopic (exact) mass is 358 g/mol. The standard InChI is InChI=1S/C20H23FN2O3/c21-16-9-7-15(8-10-16)4-3-5-19(24)23-17-11-13-25-14-18(17)26-20-6-1-2-12-22-20/h1-2,6-10,12,17-18H,3-5,11,13-14H2,(H,23,24)/t17-,18-/m1/s1. The number of rotatable bonds is 7. The normalized spacial score (nSPS) is 19.7. The molecule has 1 amide bonds. The number of hydrogen-bond donors (Lipinski definition) is 1. The lowest BCUT2D eigenvalue weighted by Gasteiger charge is -2.32. The molecule has 1 aromatic carbocycles. The quantitative estimate of drug-likeness (QED) is 0.827. The molecular formula is C20H23FN2O3. The van der Waals surface area contributed by atoms with Gasteiger partial charge in [-0.3, -0.25) is 4.79 Å². The van der Waals surface area contributed by atoms with E-state index >= 15 is 0 Å². The first-order valence-corrected chi connectivity index (χ1v) is 8.90. The van der Waals surface area contributed by atoms with Crippen LogP contribution in [0.1, 0.15) is 24.8 Å². The summed E-state index contributed by atoms with van der Waals surface area (Å²) in [5.41, 5.74) is 1.03. The molecule has 0 aliphatic carbocycles. The van der Waals surface area contributed by atoms with Crippen LogP contribution in [-0.2, 0) is 16.0 Å². The Kier molecular flexibility index (Phi) is 6.55. The fourth-order valence-corrected chi connectivity index (χ4v) is 2.95. The molecule has 1 saturated heterocycles. The maximum Gasteiger partial charge on any atom is 0.220 e. The van der Waals surface area contributed by atoms with Gasteiger partial charge in [-0.1, -0.05) is 18.2 Å². The van der Waals surface area contributed by atoms with Crippen LogP contribution in [0.2, 0.25) is 0 Å². The number of nitrogens with zero attached hydrogens (tertiary/aromatic N) is 1. The van der Waals surface area contributed by atoms with Gasteiger partial charge in [0.1, 0.15) is 11.9 Å². The van der Waals surface area contributed by atoms with Crippen LogP contribution in [0.3, 0.4) is 0 Å². The van der Waals surface area contributed by atoms with Crippen LogP contribution in [0.25, 0.3) is 0 Å². The van der Waals surface area contributed by atoms with Crippen molar-refractivity contribution in [2.75, 3.05) is 13.2 Å². The van der Waals surface area contributed by atoms with Gasteiger partial charge in [-0.05, 0) is 43.0 Å². The van der Waals surface area contributed by atoms with Gasteiger partial charge in [0.2, 0.25) is 11.8 Å². The van der Waals surface area contributed by atoms with E-state index < -0.39 is 0 Å². The molecule has 1 aliphatic heterocycles. The third kappa shape index (κ3) is 5.52. The summed E-state index contributed by atoms with van der Waals surface area (Å²) in [5, 5.41) is 3.05. The highest BCUT2D eigenvalue weighted by molar-refractivity contribution is 5.76. The molecule has 1 fully saturated rings. The van der Waals surface area contributed by atoms with Crippen molar-refractivity contribution >= 4 is 5.91 Å². The number of pyridine rings is 1. The number of ether oxygens (including phenoxy) is 2. The Bertz CT molecular complexity index is 694. The van der Waals surface area contributed by atoms with Gasteiger partial charge in [0.05, 0.1) is 12.6 Å². The average molecular weight is 358 g/mol. The minimum Gasteiger partial charge on any atom is -0.470 e. The van der Waals surface area contributed by atoms with Gasteiger partial charge in [-0.2, -0.15) is 0 Å². The van der Waals surface area contributed by atoms with Crippen molar-refractivity contribution in [3.8, 4) is 5.88 Å². The van der Waals surface area contributed by atoms with E-state index in [2.05, 4.69) is 10.3 Å². The minimum atomic E-state index is -0.250. The molecule has 1 aliphatic rings. The number of hydrogen-bond acceptors (Lipinski definition) is 4. The van der Waals surface area contributed by atoms with Crippen molar-refractivity contribution in [3.05, 3.63) is 60.0 Å². The number of amides is 1. The molecule has 0 spiro atoms. The van der Waals surface area contributed by atoms with Crippen LogP contribution in [-0.4, -0.2) is 36.3 Å². The Morgan fingerprint density at radius 2 is 2.12 bits per heavy atom. The SMILES string of the molecule is O=C(CCCc1ccc(F)cc1)N[C@@H]1CCOC[C@H]1Oc1ccccn1. The highest BCUT2D eigenvalue weighted by Gasteiger charge is 2.29. The predicted octanol–water partition coefficient (Wildman–Crippen LogP) is 2.90. The summed E-state index contributed by atoms with van der Waals surface area (Å²) in [7, 11) is 0. The van der Waals surface area contributed by atoms with E-state index in [1.165, 1.54) is 12.1 Å². The summed E-state index contributed by atoms with van der Waals surface area (Å²) < 4.78 is 24.2. The van der Waals surface area contributed by atoms with E-state index in [9.17, 15) is 9.18 Å². The molecule has 2 heterocycles. The highest BCUT2D eigenvalue weighted by atomic mass is 19.1. The Morgan fingerprint density at radius 1 is 1.27 bits per heavy atom. The van der Waals surface area contributed by atoms with E-state index in [0.29, 0.717) is 38.4 Å².